The quantitative estimate of drug-likeness (QED) is 0.440. The van der Waals surface area contributed by atoms with Gasteiger partial charge in [-0.25, -0.2) is 0 Å². The number of para-hydroxylation sites is 2. The number of anilines is 2. The lowest BCUT2D eigenvalue weighted by molar-refractivity contribution is -0.122. The van der Waals surface area contributed by atoms with Gasteiger partial charge in [0.2, 0.25) is 17.6 Å². The Hall–Kier alpha value is -4.46. The van der Waals surface area contributed by atoms with Crippen LogP contribution in [0.1, 0.15) is 12.0 Å². The lowest BCUT2D eigenvalue weighted by atomic mass is 10.1. The lowest BCUT2D eigenvalue weighted by Gasteiger charge is -2.19. The summed E-state index contributed by atoms with van der Waals surface area (Å²) in [5.74, 6) is 0.744. The zero-order chi connectivity index (χ0) is 24.4. The fraction of sp³-hybridized carbons (Fsp3) is 0.185. The maximum Gasteiger partial charge on any atom is 0.258 e. The molecule has 0 aliphatic carbocycles. The Labute approximate surface area is 202 Å². The Kier molecular flexibility index (Phi) is 6.01. The van der Waals surface area contributed by atoms with Crippen LogP contribution in [-0.2, 0) is 9.59 Å². The van der Waals surface area contributed by atoms with Gasteiger partial charge in [0, 0.05) is 29.8 Å². The van der Waals surface area contributed by atoms with Gasteiger partial charge in [-0.15, -0.1) is 0 Å². The molecule has 0 unspecified atom stereocenters. The van der Waals surface area contributed by atoms with Gasteiger partial charge >= 0.3 is 0 Å². The molecule has 0 saturated carbocycles. The Morgan fingerprint density at radius 3 is 2.49 bits per heavy atom. The summed E-state index contributed by atoms with van der Waals surface area (Å²) in [4.78, 5) is 31.5. The second kappa shape index (κ2) is 9.42. The monoisotopic (exact) mass is 468 g/mol. The molecule has 1 N–H and O–H groups in total. The van der Waals surface area contributed by atoms with Crippen LogP contribution in [0.4, 0.5) is 11.4 Å². The Bertz CT molecular complexity index is 1360. The maximum absolute atomic E-state index is 12.9. The van der Waals surface area contributed by atoms with Crippen molar-refractivity contribution in [2.45, 2.75) is 13.3 Å². The van der Waals surface area contributed by atoms with E-state index in [0.717, 1.165) is 16.7 Å². The van der Waals surface area contributed by atoms with Crippen molar-refractivity contribution >= 4 is 23.2 Å². The molecule has 35 heavy (non-hydrogen) atoms. The standard InChI is InChI=1S/C27H24N4O4/c1-17-7-9-18(10-8-17)25-29-27(35-30-25)19-11-13-21(14-12-19)28-26(33)20-15-24(32)31(16-20)22-5-3-4-6-23(22)34-2/h3-14,20H,15-16H2,1-2H3,(H,28,33)/t20-/m1/s1. The van der Waals surface area contributed by atoms with Crippen molar-refractivity contribution in [3.8, 4) is 28.6 Å². The SMILES string of the molecule is COc1ccccc1N1C[C@H](C(=O)Nc2ccc(-c3nc(-c4ccc(C)cc4)no3)cc2)CC1=O. The normalized spacial score (nSPS) is 15.3. The summed E-state index contributed by atoms with van der Waals surface area (Å²) in [5, 5.41) is 6.97. The first-order chi connectivity index (χ1) is 17.0. The van der Waals surface area contributed by atoms with Crippen LogP contribution in [-0.4, -0.2) is 35.6 Å². The number of aromatic nitrogens is 2. The topological polar surface area (TPSA) is 97.6 Å². The molecule has 0 spiro atoms. The van der Waals surface area contributed by atoms with Crippen molar-refractivity contribution < 1.29 is 18.8 Å². The molecule has 4 aromatic rings. The highest BCUT2D eigenvalue weighted by Gasteiger charge is 2.36. The zero-order valence-electron chi connectivity index (χ0n) is 19.4. The van der Waals surface area contributed by atoms with Gasteiger partial charge in [0.25, 0.3) is 5.89 Å². The van der Waals surface area contributed by atoms with Crippen molar-refractivity contribution in [3.63, 3.8) is 0 Å². The number of hydrogen-bond donors (Lipinski definition) is 1. The van der Waals surface area contributed by atoms with Crippen LogP contribution in [0.3, 0.4) is 0 Å². The van der Waals surface area contributed by atoms with Gasteiger partial charge in [-0.1, -0.05) is 47.1 Å². The second-order valence-corrected chi connectivity index (χ2v) is 8.43. The molecule has 8 nitrogen and oxygen atoms in total. The molecule has 2 amide bonds. The minimum absolute atomic E-state index is 0.106. The van der Waals surface area contributed by atoms with Crippen LogP contribution in [0, 0.1) is 12.8 Å². The minimum Gasteiger partial charge on any atom is -0.495 e. The van der Waals surface area contributed by atoms with E-state index in [4.69, 9.17) is 9.26 Å². The highest BCUT2D eigenvalue weighted by molar-refractivity contribution is 6.04. The molecule has 1 saturated heterocycles. The number of amides is 2. The molecule has 0 radical (unpaired) electrons. The van der Waals surface area contributed by atoms with Gasteiger partial charge in [-0.05, 0) is 43.3 Å². The molecule has 1 fully saturated rings. The Morgan fingerprint density at radius 1 is 1.03 bits per heavy atom. The summed E-state index contributed by atoms with van der Waals surface area (Å²) in [6.45, 7) is 2.32. The van der Waals surface area contributed by atoms with E-state index in [1.807, 2.05) is 61.5 Å². The molecule has 2 heterocycles. The number of ether oxygens (including phenoxy) is 1. The molecule has 1 aliphatic rings. The summed E-state index contributed by atoms with van der Waals surface area (Å²) < 4.78 is 10.8. The smallest absolute Gasteiger partial charge is 0.258 e. The van der Waals surface area contributed by atoms with Gasteiger partial charge in [0.1, 0.15) is 5.75 Å². The van der Waals surface area contributed by atoms with E-state index in [9.17, 15) is 9.59 Å². The fourth-order valence-electron chi connectivity index (χ4n) is 4.07. The first-order valence-electron chi connectivity index (χ1n) is 11.3. The van der Waals surface area contributed by atoms with Crippen LogP contribution in [0.2, 0.25) is 0 Å². The van der Waals surface area contributed by atoms with Crippen molar-refractivity contribution in [2.75, 3.05) is 23.9 Å². The van der Waals surface area contributed by atoms with Crippen molar-refractivity contribution in [3.05, 3.63) is 78.4 Å². The molecule has 1 atom stereocenters. The summed E-state index contributed by atoms with van der Waals surface area (Å²) in [6.07, 6.45) is 0.145. The summed E-state index contributed by atoms with van der Waals surface area (Å²) >= 11 is 0. The average molecular weight is 469 g/mol. The van der Waals surface area contributed by atoms with Gasteiger partial charge in [0.15, 0.2) is 0 Å². The predicted octanol–water partition coefficient (Wildman–Crippen LogP) is 4.71. The number of carbonyl (C=O) groups is 2. The molecule has 176 valence electrons. The number of hydrogen-bond acceptors (Lipinski definition) is 6. The number of nitrogens with zero attached hydrogens (tertiary/aromatic N) is 3. The van der Waals surface area contributed by atoms with E-state index < -0.39 is 5.92 Å². The molecule has 5 rings (SSSR count). The highest BCUT2D eigenvalue weighted by atomic mass is 16.5. The van der Waals surface area contributed by atoms with Gasteiger partial charge in [0.05, 0.1) is 18.7 Å². The van der Waals surface area contributed by atoms with Gasteiger partial charge in [-0.2, -0.15) is 4.98 Å². The lowest BCUT2D eigenvalue weighted by Crippen LogP contribution is -2.28. The van der Waals surface area contributed by atoms with Crippen molar-refractivity contribution in [1.29, 1.82) is 0 Å². The number of benzene rings is 3. The molecule has 1 aliphatic heterocycles. The molecular formula is C27H24N4O4. The van der Waals surface area contributed by atoms with Gasteiger partial charge < -0.3 is 19.5 Å². The predicted molar refractivity (Wildman–Crippen MR) is 132 cm³/mol. The van der Waals surface area contributed by atoms with Crippen LogP contribution >= 0.6 is 0 Å². The highest BCUT2D eigenvalue weighted by Crippen LogP contribution is 2.33. The molecular weight excluding hydrogens is 444 g/mol. The van der Waals surface area contributed by atoms with Crippen molar-refractivity contribution in [1.82, 2.24) is 10.1 Å². The van der Waals surface area contributed by atoms with Crippen LogP contribution in [0.15, 0.2) is 77.3 Å². The van der Waals surface area contributed by atoms with E-state index in [1.54, 1.807) is 30.2 Å². The number of methoxy groups -OCH3 is 1. The third-order valence-electron chi connectivity index (χ3n) is 6.01. The Morgan fingerprint density at radius 2 is 1.74 bits per heavy atom. The van der Waals surface area contributed by atoms with E-state index in [0.29, 0.717) is 35.4 Å². The van der Waals surface area contributed by atoms with Crippen molar-refractivity contribution in [2.24, 2.45) is 5.92 Å². The first kappa shape index (κ1) is 22.3. The molecule has 8 heteroatoms. The molecule has 3 aromatic carbocycles. The third kappa shape index (κ3) is 4.63. The largest absolute Gasteiger partial charge is 0.495 e. The molecule has 1 aromatic heterocycles. The van der Waals surface area contributed by atoms with E-state index in [-0.39, 0.29) is 18.2 Å². The maximum atomic E-state index is 12.9. The van der Waals surface area contributed by atoms with Gasteiger partial charge in [-0.3, -0.25) is 9.59 Å². The van der Waals surface area contributed by atoms with Crippen LogP contribution in [0.5, 0.6) is 5.75 Å². The number of carbonyl (C=O) groups excluding carboxylic acids is 2. The van der Waals surface area contributed by atoms with E-state index in [2.05, 4.69) is 15.5 Å². The van der Waals surface area contributed by atoms with Crippen LogP contribution in [0.25, 0.3) is 22.8 Å². The second-order valence-electron chi connectivity index (χ2n) is 8.43. The third-order valence-corrected chi connectivity index (χ3v) is 6.01. The summed E-state index contributed by atoms with van der Waals surface area (Å²) in [5.41, 5.74) is 4.07. The van der Waals surface area contributed by atoms with E-state index in [1.165, 1.54) is 0 Å². The minimum atomic E-state index is -0.458. The number of aryl methyl sites for hydroxylation is 1. The van der Waals surface area contributed by atoms with Crippen LogP contribution < -0.4 is 15.0 Å². The summed E-state index contributed by atoms with van der Waals surface area (Å²) in [7, 11) is 1.56. The fourth-order valence-corrected chi connectivity index (χ4v) is 4.07. The van der Waals surface area contributed by atoms with E-state index >= 15 is 0 Å². The number of rotatable bonds is 6. The molecule has 0 bridgehead atoms. The Balaban J connectivity index is 1.24. The average Bonchev–Trinajstić information content (AvgIpc) is 3.52. The summed E-state index contributed by atoms with van der Waals surface area (Å²) in [6, 6.07) is 22.4. The zero-order valence-corrected chi connectivity index (χ0v) is 19.4. The number of nitrogens with one attached hydrogen (secondary N) is 1. The first-order valence-corrected chi connectivity index (χ1v) is 11.3.